The van der Waals surface area contributed by atoms with Crippen molar-refractivity contribution in [2.24, 2.45) is 0 Å². The molecule has 2 rings (SSSR count). The van der Waals surface area contributed by atoms with Gasteiger partial charge in [-0.15, -0.1) is 0 Å². The van der Waals surface area contributed by atoms with E-state index in [4.69, 9.17) is 0 Å². The van der Waals surface area contributed by atoms with Crippen molar-refractivity contribution in [1.82, 2.24) is 10.2 Å². The summed E-state index contributed by atoms with van der Waals surface area (Å²) < 4.78 is 13.3. The molecule has 1 aliphatic rings. The van der Waals surface area contributed by atoms with Gasteiger partial charge in [-0.05, 0) is 56.0 Å². The number of piperidine rings is 1. The molecule has 1 saturated heterocycles. The van der Waals surface area contributed by atoms with Gasteiger partial charge >= 0.3 is 6.09 Å². The highest BCUT2D eigenvalue weighted by atomic mass is 19.1. The van der Waals surface area contributed by atoms with Gasteiger partial charge < -0.3 is 5.11 Å². The van der Waals surface area contributed by atoms with Crippen LogP contribution in [0.3, 0.4) is 0 Å². The number of hydrogen-bond donors (Lipinski definition) is 2. The molecule has 0 aliphatic carbocycles. The normalized spacial score (nSPS) is 22.9. The Morgan fingerprint density at radius 2 is 2.25 bits per heavy atom. The molecule has 2 N–H and O–H groups in total. The van der Waals surface area contributed by atoms with Crippen LogP contribution in [-0.4, -0.2) is 29.2 Å². The van der Waals surface area contributed by atoms with Gasteiger partial charge in [0.05, 0.1) is 0 Å². The highest BCUT2D eigenvalue weighted by molar-refractivity contribution is 5.67. The Balaban J connectivity index is 2.54. The predicted octanol–water partition coefficient (Wildman–Crippen LogP) is 3.06. The maximum atomic E-state index is 13.3. The number of amides is 1. The Labute approximate surface area is 118 Å². The first-order valence-corrected chi connectivity index (χ1v) is 7.03. The molecule has 1 aliphatic heterocycles. The first-order chi connectivity index (χ1) is 9.51. The molecule has 110 valence electrons. The lowest BCUT2D eigenvalue weighted by Gasteiger charge is -2.47. The van der Waals surface area contributed by atoms with E-state index in [0.717, 1.165) is 24.0 Å². The van der Waals surface area contributed by atoms with Crippen LogP contribution in [0, 0.1) is 12.7 Å². The van der Waals surface area contributed by atoms with Crippen LogP contribution in [-0.2, 0) is 5.66 Å². The van der Waals surface area contributed by atoms with Crippen molar-refractivity contribution in [3.05, 3.63) is 35.1 Å². The molecule has 1 fully saturated rings. The number of aryl methyl sites for hydroxylation is 1. The number of carbonyl (C=O) groups is 1. The molecule has 20 heavy (non-hydrogen) atoms. The summed E-state index contributed by atoms with van der Waals surface area (Å²) in [5.74, 6) is -0.296. The molecule has 1 unspecified atom stereocenters. The third-order valence-electron chi connectivity index (χ3n) is 3.97. The summed E-state index contributed by atoms with van der Waals surface area (Å²) in [5, 5.41) is 12.8. The molecule has 0 aromatic heterocycles. The fourth-order valence-electron chi connectivity index (χ4n) is 3.18. The Morgan fingerprint density at radius 3 is 2.85 bits per heavy atom. The lowest BCUT2D eigenvalue weighted by atomic mass is 9.85. The van der Waals surface area contributed by atoms with Gasteiger partial charge in [0.1, 0.15) is 11.5 Å². The van der Waals surface area contributed by atoms with E-state index >= 15 is 0 Å². The van der Waals surface area contributed by atoms with Crippen molar-refractivity contribution < 1.29 is 14.3 Å². The summed E-state index contributed by atoms with van der Waals surface area (Å²) in [6, 6.07) is 4.56. The summed E-state index contributed by atoms with van der Waals surface area (Å²) in [7, 11) is 0. The number of rotatable bonds is 3. The van der Waals surface area contributed by atoms with Gasteiger partial charge in [0.25, 0.3) is 0 Å². The van der Waals surface area contributed by atoms with Crippen molar-refractivity contribution >= 4 is 6.09 Å². The second-order valence-electron chi connectivity index (χ2n) is 5.24. The Kier molecular flexibility index (Phi) is 4.28. The van der Waals surface area contributed by atoms with Gasteiger partial charge in [0.15, 0.2) is 0 Å². The zero-order valence-corrected chi connectivity index (χ0v) is 11.9. The second-order valence-corrected chi connectivity index (χ2v) is 5.24. The quantitative estimate of drug-likeness (QED) is 0.894. The topological polar surface area (TPSA) is 52.6 Å². The Bertz CT molecular complexity index is 503. The fourth-order valence-corrected chi connectivity index (χ4v) is 3.18. The van der Waals surface area contributed by atoms with E-state index < -0.39 is 11.8 Å². The first kappa shape index (κ1) is 14.8. The van der Waals surface area contributed by atoms with E-state index in [1.54, 1.807) is 6.07 Å². The number of hydrogen-bond acceptors (Lipinski definition) is 2. The molecule has 0 saturated carbocycles. The lowest BCUT2D eigenvalue weighted by Crippen LogP contribution is -2.60. The molecule has 0 radical (unpaired) electrons. The fraction of sp³-hybridized carbons (Fsp3) is 0.533. The monoisotopic (exact) mass is 280 g/mol. The molecule has 1 heterocycles. The maximum absolute atomic E-state index is 13.3. The standard InChI is InChI=1S/C15H21FN2O2/c1-3-17-15(8-4-5-9-18(15)14(19)20)13-7-6-12(16)10-11(13)2/h6-7,10,17H,3-5,8-9H2,1-2H3,(H,19,20). The summed E-state index contributed by atoms with van der Waals surface area (Å²) in [6.07, 6.45) is 1.58. The zero-order chi connectivity index (χ0) is 14.8. The molecule has 1 aromatic rings. The van der Waals surface area contributed by atoms with Gasteiger partial charge in [0.2, 0.25) is 0 Å². The van der Waals surface area contributed by atoms with E-state index in [1.165, 1.54) is 17.0 Å². The smallest absolute Gasteiger partial charge is 0.409 e. The van der Waals surface area contributed by atoms with Crippen molar-refractivity contribution in [3.63, 3.8) is 0 Å². The Morgan fingerprint density at radius 1 is 1.50 bits per heavy atom. The van der Waals surface area contributed by atoms with Crippen LogP contribution in [0.25, 0.3) is 0 Å². The van der Waals surface area contributed by atoms with Crippen molar-refractivity contribution in [2.45, 2.75) is 38.8 Å². The van der Waals surface area contributed by atoms with Crippen molar-refractivity contribution in [3.8, 4) is 0 Å². The summed E-state index contributed by atoms with van der Waals surface area (Å²) in [6.45, 7) is 4.93. The first-order valence-electron chi connectivity index (χ1n) is 7.03. The van der Waals surface area contributed by atoms with Gasteiger partial charge in [-0.25, -0.2) is 9.18 Å². The van der Waals surface area contributed by atoms with Crippen LogP contribution in [0.2, 0.25) is 0 Å². The van der Waals surface area contributed by atoms with Crippen LogP contribution >= 0.6 is 0 Å². The van der Waals surface area contributed by atoms with Crippen molar-refractivity contribution in [1.29, 1.82) is 0 Å². The SMILES string of the molecule is CCNC1(c2ccc(F)cc2C)CCCCN1C(=O)O. The van der Waals surface area contributed by atoms with Crippen LogP contribution in [0.1, 0.15) is 37.3 Å². The van der Waals surface area contributed by atoms with Gasteiger partial charge in [-0.2, -0.15) is 0 Å². The minimum Gasteiger partial charge on any atom is -0.465 e. The van der Waals surface area contributed by atoms with Crippen LogP contribution in [0.15, 0.2) is 18.2 Å². The van der Waals surface area contributed by atoms with E-state index in [0.29, 0.717) is 19.5 Å². The number of nitrogens with zero attached hydrogens (tertiary/aromatic N) is 1. The molecule has 0 bridgehead atoms. The average Bonchev–Trinajstić information content (AvgIpc) is 2.39. The molecular formula is C15H21FN2O2. The number of likely N-dealkylation sites (tertiary alicyclic amines) is 1. The van der Waals surface area contributed by atoms with Crippen LogP contribution in [0.5, 0.6) is 0 Å². The number of nitrogens with one attached hydrogen (secondary N) is 1. The summed E-state index contributed by atoms with van der Waals surface area (Å²) >= 11 is 0. The van der Waals surface area contributed by atoms with E-state index in [1.807, 2.05) is 13.8 Å². The third-order valence-corrected chi connectivity index (χ3v) is 3.97. The minimum absolute atomic E-state index is 0.296. The van der Waals surface area contributed by atoms with E-state index in [2.05, 4.69) is 5.32 Å². The number of halogens is 1. The van der Waals surface area contributed by atoms with E-state index in [9.17, 15) is 14.3 Å². The van der Waals surface area contributed by atoms with Gasteiger partial charge in [0, 0.05) is 6.54 Å². The largest absolute Gasteiger partial charge is 0.465 e. The van der Waals surface area contributed by atoms with Gasteiger partial charge in [-0.1, -0.05) is 13.0 Å². The Hall–Kier alpha value is -1.62. The lowest BCUT2D eigenvalue weighted by molar-refractivity contribution is 0.0218. The molecule has 1 amide bonds. The van der Waals surface area contributed by atoms with Crippen LogP contribution in [0.4, 0.5) is 9.18 Å². The minimum atomic E-state index is -0.936. The molecular weight excluding hydrogens is 259 g/mol. The molecule has 4 nitrogen and oxygen atoms in total. The molecule has 0 spiro atoms. The van der Waals surface area contributed by atoms with Crippen LogP contribution < -0.4 is 5.32 Å². The zero-order valence-electron chi connectivity index (χ0n) is 11.9. The van der Waals surface area contributed by atoms with E-state index in [-0.39, 0.29) is 5.82 Å². The average molecular weight is 280 g/mol. The summed E-state index contributed by atoms with van der Waals surface area (Å²) in [5.41, 5.74) is 0.887. The molecule has 1 atom stereocenters. The van der Waals surface area contributed by atoms with Gasteiger partial charge in [-0.3, -0.25) is 10.2 Å². The number of benzene rings is 1. The third kappa shape index (κ3) is 2.50. The summed E-state index contributed by atoms with van der Waals surface area (Å²) in [4.78, 5) is 13.1. The highest BCUT2D eigenvalue weighted by Crippen LogP contribution is 2.37. The second kappa shape index (κ2) is 5.79. The molecule has 5 heteroatoms. The molecule has 1 aromatic carbocycles. The number of carboxylic acid groups (broad SMARTS) is 1. The van der Waals surface area contributed by atoms with Crippen molar-refractivity contribution in [2.75, 3.05) is 13.1 Å². The predicted molar refractivity (Wildman–Crippen MR) is 75.1 cm³/mol. The maximum Gasteiger partial charge on any atom is 0.409 e. The highest BCUT2D eigenvalue weighted by Gasteiger charge is 2.43.